The van der Waals surface area contributed by atoms with E-state index in [1.54, 1.807) is 31.2 Å². The molecule has 0 radical (unpaired) electrons. The summed E-state index contributed by atoms with van der Waals surface area (Å²) < 4.78 is 4.91. The van der Waals surface area contributed by atoms with Gasteiger partial charge in [0.2, 0.25) is 0 Å². The molecule has 0 spiro atoms. The fraction of sp³-hybridized carbons (Fsp3) is 0.400. The van der Waals surface area contributed by atoms with Crippen molar-refractivity contribution in [2.75, 3.05) is 16.9 Å². The number of nitrogens with zero attached hydrogens (tertiary/aromatic N) is 2. The zero-order valence-electron chi connectivity index (χ0n) is 16.6. The Hall–Kier alpha value is -3.34. The highest BCUT2D eigenvalue weighted by molar-refractivity contribution is 5.84. The van der Waals surface area contributed by atoms with Crippen LogP contribution in [0.25, 0.3) is 0 Å². The molecule has 0 aliphatic heterocycles. The number of amides is 1. The van der Waals surface area contributed by atoms with Crippen molar-refractivity contribution < 1.29 is 9.53 Å². The average Bonchev–Trinajstić information content (AvgIpc) is 2.65. The van der Waals surface area contributed by atoms with E-state index in [1.165, 1.54) is 5.01 Å². The number of carbonyl (C=O) groups is 1. The number of nitrogens with one attached hydrogen (secondary N) is 2. The van der Waals surface area contributed by atoms with Crippen molar-refractivity contribution in [3.05, 3.63) is 50.3 Å². The molecule has 0 saturated heterocycles. The molecule has 0 aliphatic rings. The highest BCUT2D eigenvalue weighted by atomic mass is 16.6. The standard InChI is InChI=1S/C20H24N4O4/c1-6-28-19(27)23-24(14-9-7-13(11-21)8-10-14)16-15(17(25)18(16)26)22-12(2)20(3,4)5/h7-10,12,22H,6H2,1-5H3,(H,23,27). The zero-order valence-corrected chi connectivity index (χ0v) is 16.6. The van der Waals surface area contributed by atoms with Gasteiger partial charge < -0.3 is 10.1 Å². The number of nitriles is 1. The van der Waals surface area contributed by atoms with Gasteiger partial charge in [-0.2, -0.15) is 5.26 Å². The topological polar surface area (TPSA) is 112 Å². The van der Waals surface area contributed by atoms with Gasteiger partial charge in [-0.3, -0.25) is 9.59 Å². The predicted octanol–water partition coefficient (Wildman–Crippen LogP) is 2.80. The fourth-order valence-corrected chi connectivity index (χ4v) is 2.35. The van der Waals surface area contributed by atoms with Crippen LogP contribution in [0.2, 0.25) is 0 Å². The quantitative estimate of drug-likeness (QED) is 0.582. The molecule has 0 aliphatic carbocycles. The third-order valence-corrected chi connectivity index (χ3v) is 4.50. The van der Waals surface area contributed by atoms with Crippen LogP contribution in [0, 0.1) is 16.7 Å². The molecule has 28 heavy (non-hydrogen) atoms. The van der Waals surface area contributed by atoms with E-state index < -0.39 is 17.0 Å². The maximum atomic E-state index is 12.3. The first-order valence-corrected chi connectivity index (χ1v) is 8.93. The van der Waals surface area contributed by atoms with E-state index in [9.17, 15) is 14.4 Å². The van der Waals surface area contributed by atoms with Crippen LogP contribution in [-0.2, 0) is 4.74 Å². The summed E-state index contributed by atoms with van der Waals surface area (Å²) in [4.78, 5) is 36.5. The van der Waals surface area contributed by atoms with Crippen LogP contribution in [0.15, 0.2) is 33.9 Å². The number of benzene rings is 1. The fourth-order valence-electron chi connectivity index (χ4n) is 2.35. The van der Waals surface area contributed by atoms with E-state index in [0.29, 0.717) is 11.3 Å². The van der Waals surface area contributed by atoms with Crippen molar-refractivity contribution in [2.45, 2.75) is 40.7 Å². The highest BCUT2D eigenvalue weighted by Gasteiger charge is 2.31. The molecule has 148 valence electrons. The van der Waals surface area contributed by atoms with E-state index >= 15 is 0 Å². The average molecular weight is 384 g/mol. The van der Waals surface area contributed by atoms with Crippen molar-refractivity contribution in [1.29, 1.82) is 5.26 Å². The lowest BCUT2D eigenvalue weighted by atomic mass is 9.87. The molecule has 2 N–H and O–H groups in total. The summed E-state index contributed by atoms with van der Waals surface area (Å²) in [5.41, 5.74) is 1.95. The van der Waals surface area contributed by atoms with Gasteiger partial charge >= 0.3 is 6.09 Å². The normalized spacial score (nSPS) is 12.1. The monoisotopic (exact) mass is 384 g/mol. The minimum Gasteiger partial charge on any atom is -0.449 e. The van der Waals surface area contributed by atoms with Crippen LogP contribution in [0.3, 0.4) is 0 Å². The molecular formula is C20H24N4O4. The van der Waals surface area contributed by atoms with Crippen LogP contribution < -0.4 is 26.6 Å². The van der Waals surface area contributed by atoms with Gasteiger partial charge in [-0.05, 0) is 43.5 Å². The van der Waals surface area contributed by atoms with Gasteiger partial charge in [-0.15, -0.1) is 0 Å². The van der Waals surface area contributed by atoms with E-state index in [-0.39, 0.29) is 29.4 Å². The summed E-state index contributed by atoms with van der Waals surface area (Å²) in [6, 6.07) is 8.12. The number of hydrogen-bond donors (Lipinski definition) is 2. The smallest absolute Gasteiger partial charge is 0.426 e. The van der Waals surface area contributed by atoms with Crippen LogP contribution in [0.5, 0.6) is 0 Å². The van der Waals surface area contributed by atoms with E-state index in [0.717, 1.165) is 0 Å². The summed E-state index contributed by atoms with van der Waals surface area (Å²) in [7, 11) is 0. The Balaban J connectivity index is 2.47. The van der Waals surface area contributed by atoms with Crippen LogP contribution in [-0.4, -0.2) is 18.7 Å². The minimum atomic E-state index is -0.769. The maximum Gasteiger partial charge on any atom is 0.426 e. The summed E-state index contributed by atoms with van der Waals surface area (Å²) in [5.74, 6) is 0. The number of carbonyl (C=O) groups excluding carboxylic acids is 1. The Bertz CT molecular complexity index is 960. The molecule has 8 heteroatoms. The molecule has 0 bridgehead atoms. The molecule has 2 aromatic rings. The lowest BCUT2D eigenvalue weighted by Gasteiger charge is -2.32. The van der Waals surface area contributed by atoms with Crippen LogP contribution in [0.4, 0.5) is 21.9 Å². The van der Waals surface area contributed by atoms with E-state index in [2.05, 4.69) is 10.7 Å². The number of hydrogen-bond acceptors (Lipinski definition) is 7. The molecule has 1 amide bonds. The van der Waals surface area contributed by atoms with E-state index in [1.807, 2.05) is 33.8 Å². The number of hydrazine groups is 1. The Morgan fingerprint density at radius 1 is 1.21 bits per heavy atom. The van der Waals surface area contributed by atoms with Crippen molar-refractivity contribution in [3.8, 4) is 6.07 Å². The second-order valence-corrected chi connectivity index (χ2v) is 7.44. The SMILES string of the molecule is CCOC(=O)NN(c1ccc(C#N)cc1)c1c(NC(C)C(C)(C)C)c(=O)c1=O. The lowest BCUT2D eigenvalue weighted by molar-refractivity contribution is 0.152. The van der Waals surface area contributed by atoms with Gasteiger partial charge in [0.1, 0.15) is 11.4 Å². The summed E-state index contributed by atoms with van der Waals surface area (Å²) in [5, 5.41) is 13.3. The molecule has 0 aromatic heterocycles. The Labute approximate surface area is 163 Å². The van der Waals surface area contributed by atoms with Crippen molar-refractivity contribution in [3.63, 3.8) is 0 Å². The molecule has 1 unspecified atom stereocenters. The van der Waals surface area contributed by atoms with Crippen molar-refractivity contribution in [2.24, 2.45) is 5.41 Å². The van der Waals surface area contributed by atoms with Crippen molar-refractivity contribution >= 4 is 23.2 Å². The molecule has 2 aromatic carbocycles. The summed E-state index contributed by atoms with van der Waals surface area (Å²) in [6.45, 7) is 9.72. The van der Waals surface area contributed by atoms with Gasteiger partial charge in [-0.25, -0.2) is 15.2 Å². The molecule has 0 fully saturated rings. The third-order valence-electron chi connectivity index (χ3n) is 4.50. The van der Waals surface area contributed by atoms with Gasteiger partial charge in [-0.1, -0.05) is 20.8 Å². The van der Waals surface area contributed by atoms with Gasteiger partial charge in [0.15, 0.2) is 0 Å². The Kier molecular flexibility index (Phi) is 6.09. The van der Waals surface area contributed by atoms with Crippen LogP contribution in [0.1, 0.15) is 40.2 Å². The van der Waals surface area contributed by atoms with Crippen LogP contribution >= 0.6 is 0 Å². The third kappa shape index (κ3) is 4.31. The number of ether oxygens (including phenoxy) is 1. The molecule has 1 atom stereocenters. The first-order valence-electron chi connectivity index (χ1n) is 8.93. The predicted molar refractivity (Wildman–Crippen MR) is 107 cm³/mol. The first kappa shape index (κ1) is 21.0. The molecule has 0 heterocycles. The second kappa shape index (κ2) is 8.13. The number of rotatable bonds is 6. The molecule has 0 saturated carbocycles. The van der Waals surface area contributed by atoms with Gasteiger partial charge in [0, 0.05) is 6.04 Å². The lowest BCUT2D eigenvalue weighted by Crippen LogP contribution is -2.49. The summed E-state index contributed by atoms with van der Waals surface area (Å²) >= 11 is 0. The van der Waals surface area contributed by atoms with Gasteiger partial charge in [0.25, 0.3) is 10.9 Å². The largest absolute Gasteiger partial charge is 0.449 e. The minimum absolute atomic E-state index is 0.0267. The maximum absolute atomic E-state index is 12.3. The molecule has 2 rings (SSSR count). The highest BCUT2D eigenvalue weighted by Crippen LogP contribution is 2.30. The van der Waals surface area contributed by atoms with Crippen molar-refractivity contribution in [1.82, 2.24) is 5.43 Å². The zero-order chi connectivity index (χ0) is 21.1. The molecule has 8 nitrogen and oxygen atoms in total. The first-order chi connectivity index (χ1) is 13.1. The van der Waals surface area contributed by atoms with E-state index in [4.69, 9.17) is 10.00 Å². The molecular weight excluding hydrogens is 360 g/mol. The Morgan fingerprint density at radius 2 is 1.82 bits per heavy atom. The second-order valence-electron chi connectivity index (χ2n) is 7.44. The Morgan fingerprint density at radius 3 is 2.32 bits per heavy atom. The number of anilines is 3. The van der Waals surface area contributed by atoms with Gasteiger partial charge in [0.05, 0.1) is 23.9 Å². The summed E-state index contributed by atoms with van der Waals surface area (Å²) in [6.07, 6.45) is -0.769.